The zero-order chi connectivity index (χ0) is 12.1. The number of piperidine rings is 1. The number of pyridine rings is 1. The van der Waals surface area contributed by atoms with Crippen LogP contribution in [0.4, 0.5) is 4.39 Å². The van der Waals surface area contributed by atoms with Crippen molar-refractivity contribution in [3.8, 4) is 18.0 Å². The Morgan fingerprint density at radius 2 is 2.00 bits per heavy atom. The van der Waals surface area contributed by atoms with Crippen LogP contribution in [0.5, 0.6) is 0 Å². The molecule has 0 spiro atoms. The van der Waals surface area contributed by atoms with Crippen molar-refractivity contribution in [2.75, 3.05) is 13.1 Å². The number of halogens is 1. The summed E-state index contributed by atoms with van der Waals surface area (Å²) in [7, 11) is 0. The van der Waals surface area contributed by atoms with E-state index in [0.29, 0.717) is 5.69 Å². The molecule has 86 valence electrons. The molecule has 0 amide bonds. The molecule has 2 rings (SSSR count). The zero-order valence-electron chi connectivity index (χ0n) is 9.41. The van der Waals surface area contributed by atoms with Crippen LogP contribution in [-0.2, 0) is 0 Å². The summed E-state index contributed by atoms with van der Waals surface area (Å²) < 4.78 is 13.0. The van der Waals surface area contributed by atoms with Gasteiger partial charge in [-0.1, -0.05) is 0 Å². The lowest BCUT2D eigenvalue weighted by atomic mass is 10.1. The summed E-state index contributed by atoms with van der Waals surface area (Å²) in [6.07, 6.45) is 3.58. The van der Waals surface area contributed by atoms with Crippen LogP contribution in [0, 0.1) is 29.1 Å². The third-order valence-electron chi connectivity index (χ3n) is 2.65. The number of rotatable bonds is 0. The Bertz CT molecular complexity index is 502. The molecule has 1 aliphatic rings. The fraction of sp³-hybridized carbons (Fsp3) is 0.385. The first-order chi connectivity index (χ1) is 8.29. The van der Waals surface area contributed by atoms with Crippen molar-refractivity contribution in [1.29, 1.82) is 5.26 Å². The van der Waals surface area contributed by atoms with Gasteiger partial charge in [-0.25, -0.2) is 9.37 Å². The summed E-state index contributed by atoms with van der Waals surface area (Å²) in [4.78, 5) is 5.88. The Morgan fingerprint density at radius 3 is 2.71 bits per heavy atom. The summed E-state index contributed by atoms with van der Waals surface area (Å²) in [5.74, 6) is 2.26. The summed E-state index contributed by atoms with van der Waals surface area (Å²) in [6, 6.07) is 7.42. The Morgan fingerprint density at radius 1 is 1.24 bits per heavy atom. The first-order valence-corrected chi connectivity index (χ1v) is 5.63. The fourth-order valence-corrected chi connectivity index (χ4v) is 1.73. The lowest BCUT2D eigenvalue weighted by molar-refractivity contribution is 0.326. The van der Waals surface area contributed by atoms with Gasteiger partial charge in [-0.15, -0.1) is 0 Å². The van der Waals surface area contributed by atoms with Gasteiger partial charge in [0.2, 0.25) is 0 Å². The van der Waals surface area contributed by atoms with Gasteiger partial charge in [-0.05, 0) is 37.3 Å². The number of nitriles is 1. The molecule has 0 aromatic carbocycles. The Kier molecular flexibility index (Phi) is 3.57. The molecular formula is C13H12FN3. The minimum Gasteiger partial charge on any atom is -0.332 e. The highest BCUT2D eigenvalue weighted by molar-refractivity contribution is 5.32. The summed E-state index contributed by atoms with van der Waals surface area (Å²) >= 11 is 0. The van der Waals surface area contributed by atoms with E-state index in [9.17, 15) is 4.39 Å². The average Bonchev–Trinajstić information content (AvgIpc) is 2.39. The van der Waals surface area contributed by atoms with Crippen molar-refractivity contribution in [3.05, 3.63) is 29.3 Å². The van der Waals surface area contributed by atoms with Crippen molar-refractivity contribution in [2.24, 2.45) is 0 Å². The molecular weight excluding hydrogens is 217 g/mol. The Hall–Kier alpha value is -2.07. The quantitative estimate of drug-likeness (QED) is 0.638. The smallest absolute Gasteiger partial charge is 0.177 e. The van der Waals surface area contributed by atoms with Crippen LogP contribution < -0.4 is 0 Å². The molecule has 1 aliphatic heterocycles. The van der Waals surface area contributed by atoms with Crippen LogP contribution in [0.3, 0.4) is 0 Å². The number of aromatic nitrogens is 1. The molecule has 1 saturated heterocycles. The second-order valence-corrected chi connectivity index (χ2v) is 3.92. The van der Waals surface area contributed by atoms with Crippen molar-refractivity contribution in [2.45, 2.75) is 19.3 Å². The molecule has 3 nitrogen and oxygen atoms in total. The third kappa shape index (κ3) is 2.95. The molecule has 1 fully saturated rings. The summed E-state index contributed by atoms with van der Waals surface area (Å²) in [5.41, 5.74) is 0.240. The van der Waals surface area contributed by atoms with Gasteiger partial charge in [0.05, 0.1) is 0 Å². The standard InChI is InChI=1S/C13H12FN3/c14-12-5-4-11(16-13(12)10-15)6-9-17-7-2-1-3-8-17/h4-5H,1-3,7-8H2. The van der Waals surface area contributed by atoms with Crippen LogP contribution in [0.2, 0.25) is 0 Å². The molecule has 2 heterocycles. The molecule has 0 atom stereocenters. The lowest BCUT2D eigenvalue weighted by Gasteiger charge is -2.21. The fourth-order valence-electron chi connectivity index (χ4n) is 1.73. The van der Waals surface area contributed by atoms with Gasteiger partial charge in [0.1, 0.15) is 11.8 Å². The lowest BCUT2D eigenvalue weighted by Crippen LogP contribution is -2.24. The topological polar surface area (TPSA) is 39.9 Å². The van der Waals surface area contributed by atoms with E-state index in [1.807, 2.05) is 4.90 Å². The monoisotopic (exact) mass is 229 g/mol. The molecule has 0 N–H and O–H groups in total. The second kappa shape index (κ2) is 5.32. The maximum Gasteiger partial charge on any atom is 0.177 e. The van der Waals surface area contributed by atoms with Gasteiger partial charge in [0.25, 0.3) is 0 Å². The second-order valence-electron chi connectivity index (χ2n) is 3.92. The first kappa shape index (κ1) is 11.4. The van der Waals surface area contributed by atoms with E-state index in [1.54, 1.807) is 6.07 Å². The maximum absolute atomic E-state index is 13.0. The van der Waals surface area contributed by atoms with Crippen molar-refractivity contribution in [3.63, 3.8) is 0 Å². The van der Waals surface area contributed by atoms with Crippen molar-refractivity contribution >= 4 is 0 Å². The minimum atomic E-state index is -0.601. The number of hydrogen-bond acceptors (Lipinski definition) is 3. The SMILES string of the molecule is N#Cc1nc(C#CN2CCCCC2)ccc1F. The van der Waals surface area contributed by atoms with Crippen LogP contribution in [-0.4, -0.2) is 23.0 Å². The van der Waals surface area contributed by atoms with Crippen LogP contribution >= 0.6 is 0 Å². The molecule has 1 aromatic rings. The van der Waals surface area contributed by atoms with Gasteiger partial charge in [0, 0.05) is 19.1 Å². The highest BCUT2D eigenvalue weighted by Crippen LogP contribution is 2.07. The van der Waals surface area contributed by atoms with E-state index in [-0.39, 0.29) is 5.69 Å². The van der Waals surface area contributed by atoms with Gasteiger partial charge >= 0.3 is 0 Å². The van der Waals surface area contributed by atoms with E-state index in [0.717, 1.165) is 25.9 Å². The maximum atomic E-state index is 13.0. The molecule has 0 bridgehead atoms. The highest BCUT2D eigenvalue weighted by atomic mass is 19.1. The normalized spacial score (nSPS) is 14.7. The average molecular weight is 229 g/mol. The first-order valence-electron chi connectivity index (χ1n) is 5.63. The Labute approximate surface area is 99.9 Å². The van der Waals surface area contributed by atoms with E-state index >= 15 is 0 Å². The van der Waals surface area contributed by atoms with Crippen LogP contribution in [0.25, 0.3) is 0 Å². The molecule has 4 heteroatoms. The predicted molar refractivity (Wildman–Crippen MR) is 61.2 cm³/mol. The number of nitrogens with zero attached hydrogens (tertiary/aromatic N) is 3. The summed E-state index contributed by atoms with van der Waals surface area (Å²) in [5, 5.41) is 8.65. The van der Waals surface area contributed by atoms with Crippen molar-refractivity contribution in [1.82, 2.24) is 9.88 Å². The molecule has 17 heavy (non-hydrogen) atoms. The third-order valence-corrected chi connectivity index (χ3v) is 2.65. The Balaban J connectivity index is 2.13. The molecule has 1 aromatic heterocycles. The van der Waals surface area contributed by atoms with Crippen LogP contribution in [0.1, 0.15) is 30.7 Å². The molecule has 0 aliphatic carbocycles. The molecule has 0 radical (unpaired) electrons. The largest absolute Gasteiger partial charge is 0.332 e. The van der Waals surface area contributed by atoms with Crippen LogP contribution in [0.15, 0.2) is 12.1 Å². The van der Waals surface area contributed by atoms with Gasteiger partial charge in [0.15, 0.2) is 11.5 Å². The molecule has 0 unspecified atom stereocenters. The summed E-state index contributed by atoms with van der Waals surface area (Å²) in [6.45, 7) is 1.94. The van der Waals surface area contributed by atoms with Gasteiger partial charge < -0.3 is 4.90 Å². The van der Waals surface area contributed by atoms with Crippen molar-refractivity contribution < 1.29 is 4.39 Å². The van der Waals surface area contributed by atoms with E-state index in [2.05, 4.69) is 16.9 Å². The molecule has 0 saturated carbocycles. The zero-order valence-corrected chi connectivity index (χ0v) is 9.41. The number of hydrogen-bond donors (Lipinski definition) is 0. The minimum absolute atomic E-state index is 0.199. The highest BCUT2D eigenvalue weighted by Gasteiger charge is 2.06. The van der Waals surface area contributed by atoms with E-state index in [1.165, 1.54) is 18.6 Å². The predicted octanol–water partition coefficient (Wildman–Crippen LogP) is 1.89. The number of likely N-dealkylation sites (tertiary alicyclic amines) is 1. The van der Waals surface area contributed by atoms with Gasteiger partial charge in [-0.3, -0.25) is 0 Å². The van der Waals surface area contributed by atoms with E-state index < -0.39 is 5.82 Å². The van der Waals surface area contributed by atoms with E-state index in [4.69, 9.17) is 5.26 Å². The van der Waals surface area contributed by atoms with Gasteiger partial charge in [-0.2, -0.15) is 5.26 Å².